The standard InChI is InChI=1S/C16H12.CH2O/c1-2-7-13(8-3-1)16-12-6-10-14-9-4-5-11-15(14)16;1-2/h1-12H;1H2. The highest BCUT2D eigenvalue weighted by molar-refractivity contribution is 5.96. The number of hydrogen-bond acceptors (Lipinski definition) is 1. The Balaban J connectivity index is 0.000000574. The van der Waals surface area contributed by atoms with Crippen LogP contribution in [0.4, 0.5) is 0 Å². The Hall–Kier alpha value is -2.41. The van der Waals surface area contributed by atoms with Gasteiger partial charge in [0, 0.05) is 0 Å². The van der Waals surface area contributed by atoms with Crippen LogP contribution >= 0.6 is 0 Å². The molecule has 0 unspecified atom stereocenters. The SMILES string of the molecule is C=O.c1ccc(-c2cccc3ccccc23)cc1. The predicted molar refractivity (Wildman–Crippen MR) is 76.5 cm³/mol. The largest absolute Gasteiger partial charge is 0.307 e. The first kappa shape index (κ1) is 12.1. The van der Waals surface area contributed by atoms with Crippen LogP contribution in [-0.2, 0) is 4.79 Å². The van der Waals surface area contributed by atoms with E-state index in [1.807, 2.05) is 6.79 Å². The molecule has 1 heteroatoms. The summed E-state index contributed by atoms with van der Waals surface area (Å²) in [6.07, 6.45) is 0. The normalized spacial score (nSPS) is 9.56. The number of carbonyl (C=O) groups is 1. The van der Waals surface area contributed by atoms with Gasteiger partial charge in [0.05, 0.1) is 0 Å². The first-order valence-electron chi connectivity index (χ1n) is 5.77. The van der Waals surface area contributed by atoms with Crippen molar-refractivity contribution in [2.45, 2.75) is 0 Å². The molecule has 88 valence electrons. The molecule has 0 heterocycles. The smallest absolute Gasteiger partial charge is 0.106 e. The first-order valence-corrected chi connectivity index (χ1v) is 5.77. The Bertz CT molecular complexity index is 624. The van der Waals surface area contributed by atoms with Crippen molar-refractivity contribution in [2.75, 3.05) is 0 Å². The van der Waals surface area contributed by atoms with E-state index in [9.17, 15) is 0 Å². The molecule has 1 nitrogen and oxygen atoms in total. The van der Waals surface area contributed by atoms with Crippen molar-refractivity contribution in [3.63, 3.8) is 0 Å². The highest BCUT2D eigenvalue weighted by Crippen LogP contribution is 2.27. The minimum Gasteiger partial charge on any atom is -0.307 e. The van der Waals surface area contributed by atoms with E-state index in [1.54, 1.807) is 0 Å². The quantitative estimate of drug-likeness (QED) is 0.612. The zero-order valence-electron chi connectivity index (χ0n) is 10.0. The van der Waals surface area contributed by atoms with Crippen LogP contribution in [-0.4, -0.2) is 6.79 Å². The summed E-state index contributed by atoms with van der Waals surface area (Å²) < 4.78 is 0. The van der Waals surface area contributed by atoms with E-state index in [1.165, 1.54) is 21.9 Å². The van der Waals surface area contributed by atoms with Crippen LogP contribution < -0.4 is 0 Å². The summed E-state index contributed by atoms with van der Waals surface area (Å²) in [6.45, 7) is 2.00. The fraction of sp³-hybridized carbons (Fsp3) is 0. The summed E-state index contributed by atoms with van der Waals surface area (Å²) in [7, 11) is 0. The number of carbonyl (C=O) groups excluding carboxylic acids is 1. The van der Waals surface area contributed by atoms with Crippen molar-refractivity contribution in [1.82, 2.24) is 0 Å². The number of hydrogen-bond donors (Lipinski definition) is 0. The second-order valence-electron chi connectivity index (χ2n) is 3.89. The van der Waals surface area contributed by atoms with Crippen molar-refractivity contribution in [3.05, 3.63) is 72.8 Å². The zero-order valence-corrected chi connectivity index (χ0v) is 10.0. The van der Waals surface area contributed by atoms with Crippen molar-refractivity contribution in [2.24, 2.45) is 0 Å². The average molecular weight is 234 g/mol. The number of benzene rings is 3. The molecule has 0 saturated heterocycles. The molecular formula is C17H14O. The third-order valence-corrected chi connectivity index (χ3v) is 2.87. The summed E-state index contributed by atoms with van der Waals surface area (Å²) in [5.74, 6) is 0. The van der Waals surface area contributed by atoms with E-state index in [2.05, 4.69) is 72.8 Å². The molecule has 0 spiro atoms. The molecule has 18 heavy (non-hydrogen) atoms. The Morgan fingerprint density at radius 3 is 2.00 bits per heavy atom. The molecule has 0 N–H and O–H groups in total. The van der Waals surface area contributed by atoms with Gasteiger partial charge < -0.3 is 4.79 Å². The van der Waals surface area contributed by atoms with Crippen LogP contribution in [0.15, 0.2) is 72.8 Å². The minimum atomic E-state index is 1.28. The number of fused-ring (bicyclic) bond motifs is 1. The highest BCUT2D eigenvalue weighted by atomic mass is 16.1. The molecule has 0 atom stereocenters. The maximum Gasteiger partial charge on any atom is 0.106 e. The van der Waals surface area contributed by atoms with Crippen LogP contribution in [0.3, 0.4) is 0 Å². The van der Waals surface area contributed by atoms with Crippen molar-refractivity contribution < 1.29 is 4.79 Å². The van der Waals surface area contributed by atoms with Gasteiger partial charge >= 0.3 is 0 Å². The van der Waals surface area contributed by atoms with E-state index >= 15 is 0 Å². The third-order valence-electron chi connectivity index (χ3n) is 2.87. The second kappa shape index (κ2) is 5.78. The van der Waals surface area contributed by atoms with Gasteiger partial charge in [-0.1, -0.05) is 72.8 Å². The molecule has 0 saturated carbocycles. The van der Waals surface area contributed by atoms with Crippen LogP contribution in [0.1, 0.15) is 0 Å². The van der Waals surface area contributed by atoms with Gasteiger partial charge in [0.25, 0.3) is 0 Å². The van der Waals surface area contributed by atoms with Gasteiger partial charge in [0.15, 0.2) is 0 Å². The summed E-state index contributed by atoms with van der Waals surface area (Å²) >= 11 is 0. The van der Waals surface area contributed by atoms with Gasteiger partial charge in [-0.15, -0.1) is 0 Å². The first-order chi connectivity index (χ1) is 8.95. The fourth-order valence-corrected chi connectivity index (χ4v) is 2.09. The predicted octanol–water partition coefficient (Wildman–Crippen LogP) is 4.32. The summed E-state index contributed by atoms with van der Waals surface area (Å²) in [5, 5.41) is 2.61. The van der Waals surface area contributed by atoms with Gasteiger partial charge in [0.1, 0.15) is 6.79 Å². The average Bonchev–Trinajstić information content (AvgIpc) is 2.50. The molecule has 0 amide bonds. The molecule has 0 radical (unpaired) electrons. The Morgan fingerprint density at radius 1 is 0.611 bits per heavy atom. The molecular weight excluding hydrogens is 220 g/mol. The lowest BCUT2D eigenvalue weighted by Crippen LogP contribution is -1.79. The lowest BCUT2D eigenvalue weighted by Gasteiger charge is -2.06. The van der Waals surface area contributed by atoms with Crippen LogP contribution in [0.25, 0.3) is 21.9 Å². The molecule has 0 aromatic heterocycles. The Kier molecular flexibility index (Phi) is 3.87. The lowest BCUT2D eigenvalue weighted by molar-refractivity contribution is -0.0979. The molecule has 0 fully saturated rings. The number of rotatable bonds is 1. The van der Waals surface area contributed by atoms with Crippen molar-refractivity contribution >= 4 is 17.6 Å². The molecule has 0 aliphatic rings. The molecule has 3 aromatic rings. The van der Waals surface area contributed by atoms with Gasteiger partial charge in [0.2, 0.25) is 0 Å². The fourth-order valence-electron chi connectivity index (χ4n) is 2.09. The molecule has 3 aromatic carbocycles. The van der Waals surface area contributed by atoms with E-state index in [0.717, 1.165) is 0 Å². The van der Waals surface area contributed by atoms with Gasteiger partial charge in [-0.2, -0.15) is 0 Å². The second-order valence-corrected chi connectivity index (χ2v) is 3.89. The summed E-state index contributed by atoms with van der Waals surface area (Å²) in [4.78, 5) is 8.00. The maximum atomic E-state index is 8.00. The van der Waals surface area contributed by atoms with Gasteiger partial charge in [-0.05, 0) is 21.9 Å². The minimum absolute atomic E-state index is 1.28. The lowest BCUT2D eigenvalue weighted by atomic mass is 9.98. The third kappa shape index (κ3) is 2.30. The van der Waals surface area contributed by atoms with E-state index < -0.39 is 0 Å². The van der Waals surface area contributed by atoms with E-state index in [4.69, 9.17) is 4.79 Å². The van der Waals surface area contributed by atoms with Crippen molar-refractivity contribution in [3.8, 4) is 11.1 Å². The topological polar surface area (TPSA) is 17.1 Å². The Labute approximate surface area is 107 Å². The molecule has 0 aliphatic carbocycles. The maximum absolute atomic E-state index is 8.00. The molecule has 3 rings (SSSR count). The highest BCUT2D eigenvalue weighted by Gasteiger charge is 2.01. The Morgan fingerprint density at radius 2 is 1.22 bits per heavy atom. The molecule has 0 aliphatic heterocycles. The molecule has 0 bridgehead atoms. The van der Waals surface area contributed by atoms with Crippen molar-refractivity contribution in [1.29, 1.82) is 0 Å². The van der Waals surface area contributed by atoms with Crippen LogP contribution in [0, 0.1) is 0 Å². The zero-order chi connectivity index (χ0) is 12.8. The van der Waals surface area contributed by atoms with Crippen LogP contribution in [0.2, 0.25) is 0 Å². The monoisotopic (exact) mass is 234 g/mol. The summed E-state index contributed by atoms with van der Waals surface area (Å²) in [5.41, 5.74) is 2.58. The van der Waals surface area contributed by atoms with Crippen LogP contribution in [0.5, 0.6) is 0 Å². The van der Waals surface area contributed by atoms with Gasteiger partial charge in [-0.25, -0.2) is 0 Å². The van der Waals surface area contributed by atoms with E-state index in [0.29, 0.717) is 0 Å². The van der Waals surface area contributed by atoms with Gasteiger partial charge in [-0.3, -0.25) is 0 Å². The summed E-state index contributed by atoms with van der Waals surface area (Å²) in [6, 6.07) is 25.5. The van der Waals surface area contributed by atoms with E-state index in [-0.39, 0.29) is 0 Å².